The number of carbonyl (C=O) groups is 2. The lowest BCUT2D eigenvalue weighted by atomic mass is 10.0. The van der Waals surface area contributed by atoms with Gasteiger partial charge in [0.2, 0.25) is 5.88 Å². The second-order valence-corrected chi connectivity index (χ2v) is 10.1. The number of aromatic nitrogens is 2. The Kier molecular flexibility index (Phi) is 10.8. The zero-order chi connectivity index (χ0) is 29.1. The molecule has 214 valence electrons. The lowest BCUT2D eigenvalue weighted by Crippen LogP contribution is -2.28. The summed E-state index contributed by atoms with van der Waals surface area (Å²) in [4.78, 5) is 33.0. The van der Waals surface area contributed by atoms with Crippen LogP contribution in [0.4, 0.5) is 21.7 Å². The molecule has 0 bridgehead atoms. The molecule has 11 heteroatoms. The quantitative estimate of drug-likeness (QED) is 0.193. The van der Waals surface area contributed by atoms with Crippen LogP contribution in [0.25, 0.3) is 0 Å². The fourth-order valence-corrected chi connectivity index (χ4v) is 3.81. The largest absolute Gasteiger partial charge is 0.475 e. The zero-order valence-corrected chi connectivity index (χ0v) is 23.2. The summed E-state index contributed by atoms with van der Waals surface area (Å²) < 4.78 is 31.1. The molecular weight excluding hydrogens is 517 g/mol. The SMILES string of the molecule is COCCOc1cc(Nc2nc(N[C@@H](CCC(=O)OC(C)(C)C)Cc3ccccc3)c(F)cc2C(N)=O)ccn1. The minimum Gasteiger partial charge on any atom is -0.475 e. The first-order chi connectivity index (χ1) is 19.0. The summed E-state index contributed by atoms with van der Waals surface area (Å²) in [7, 11) is 1.56. The second kappa shape index (κ2) is 14.2. The average molecular weight is 554 g/mol. The fraction of sp³-hybridized carbons (Fsp3) is 0.379. The van der Waals surface area contributed by atoms with Crippen molar-refractivity contribution in [1.82, 2.24) is 9.97 Å². The van der Waals surface area contributed by atoms with Crippen molar-refractivity contribution in [2.24, 2.45) is 5.73 Å². The number of amides is 1. The first-order valence-corrected chi connectivity index (χ1v) is 12.9. The summed E-state index contributed by atoms with van der Waals surface area (Å²) in [6.45, 7) is 6.09. The average Bonchev–Trinajstić information content (AvgIpc) is 2.89. The number of hydrogen-bond acceptors (Lipinski definition) is 9. The Balaban J connectivity index is 1.85. The number of nitrogens with two attached hydrogens (primary N) is 1. The highest BCUT2D eigenvalue weighted by molar-refractivity contribution is 5.98. The number of nitrogens with zero attached hydrogens (tertiary/aromatic N) is 2. The summed E-state index contributed by atoms with van der Waals surface area (Å²) in [6, 6.07) is 13.5. The minimum atomic E-state index is -0.850. The van der Waals surface area contributed by atoms with E-state index in [1.807, 2.05) is 30.3 Å². The molecule has 40 heavy (non-hydrogen) atoms. The number of hydrogen-bond donors (Lipinski definition) is 3. The molecule has 1 aromatic carbocycles. The van der Waals surface area contributed by atoms with Crippen molar-refractivity contribution in [2.45, 2.75) is 51.7 Å². The van der Waals surface area contributed by atoms with E-state index in [1.165, 1.54) is 6.20 Å². The Morgan fingerprint density at radius 2 is 1.82 bits per heavy atom. The third-order valence-corrected chi connectivity index (χ3v) is 5.56. The van der Waals surface area contributed by atoms with E-state index in [4.69, 9.17) is 19.9 Å². The zero-order valence-electron chi connectivity index (χ0n) is 23.2. The van der Waals surface area contributed by atoms with Crippen LogP contribution in [0, 0.1) is 5.82 Å². The molecule has 0 aliphatic heterocycles. The number of benzene rings is 1. The van der Waals surface area contributed by atoms with Gasteiger partial charge in [0, 0.05) is 37.5 Å². The molecule has 0 aliphatic rings. The van der Waals surface area contributed by atoms with E-state index in [2.05, 4.69) is 20.6 Å². The number of nitrogens with one attached hydrogen (secondary N) is 2. The van der Waals surface area contributed by atoms with Gasteiger partial charge in [-0.2, -0.15) is 0 Å². The number of anilines is 3. The Bertz CT molecular complexity index is 1280. The van der Waals surface area contributed by atoms with Crippen LogP contribution in [0.5, 0.6) is 5.88 Å². The third kappa shape index (κ3) is 9.81. The Labute approximate surface area is 233 Å². The first-order valence-electron chi connectivity index (χ1n) is 12.9. The molecular formula is C29H36FN5O5. The van der Waals surface area contributed by atoms with Gasteiger partial charge in [-0.05, 0) is 51.3 Å². The van der Waals surface area contributed by atoms with Gasteiger partial charge in [0.1, 0.15) is 18.0 Å². The van der Waals surface area contributed by atoms with Crippen molar-refractivity contribution in [3.05, 3.63) is 71.7 Å². The standard InChI is InChI=1S/C29H36FN5O5/c1-29(2,3)40-25(36)11-10-20(16-19-8-6-5-7-9-19)34-28-23(30)18-22(26(31)37)27(35-28)33-21-12-13-32-24(17-21)39-15-14-38-4/h5-9,12-13,17-18,20H,10-11,14-16H2,1-4H3,(H2,31,37)(H2,32,33,34,35)/t20-/m0/s1. The summed E-state index contributed by atoms with van der Waals surface area (Å²) in [5.74, 6) is -1.68. The molecule has 0 saturated heterocycles. The number of pyridine rings is 2. The van der Waals surface area contributed by atoms with Gasteiger partial charge in [0.05, 0.1) is 12.2 Å². The molecule has 0 aliphatic carbocycles. The molecule has 2 heterocycles. The number of halogens is 1. The van der Waals surface area contributed by atoms with E-state index < -0.39 is 17.3 Å². The van der Waals surface area contributed by atoms with Gasteiger partial charge in [0.25, 0.3) is 5.91 Å². The van der Waals surface area contributed by atoms with Crippen molar-refractivity contribution in [3.63, 3.8) is 0 Å². The van der Waals surface area contributed by atoms with Crippen LogP contribution in [0.15, 0.2) is 54.7 Å². The predicted molar refractivity (Wildman–Crippen MR) is 150 cm³/mol. The third-order valence-electron chi connectivity index (χ3n) is 5.56. The molecule has 0 radical (unpaired) electrons. The Morgan fingerprint density at radius 1 is 1.07 bits per heavy atom. The molecule has 0 spiro atoms. The maximum Gasteiger partial charge on any atom is 0.306 e. The molecule has 2 aromatic heterocycles. The summed E-state index contributed by atoms with van der Waals surface area (Å²) >= 11 is 0. The lowest BCUT2D eigenvalue weighted by Gasteiger charge is -2.23. The molecule has 0 fully saturated rings. The molecule has 1 atom stereocenters. The van der Waals surface area contributed by atoms with Crippen LogP contribution >= 0.6 is 0 Å². The van der Waals surface area contributed by atoms with Gasteiger partial charge in [-0.1, -0.05) is 30.3 Å². The van der Waals surface area contributed by atoms with Gasteiger partial charge in [-0.25, -0.2) is 14.4 Å². The van der Waals surface area contributed by atoms with Crippen LogP contribution < -0.4 is 21.1 Å². The van der Waals surface area contributed by atoms with Crippen LogP contribution in [-0.4, -0.2) is 53.8 Å². The van der Waals surface area contributed by atoms with E-state index >= 15 is 4.39 Å². The second-order valence-electron chi connectivity index (χ2n) is 10.1. The number of carbonyl (C=O) groups excluding carboxylic acids is 2. The number of esters is 1. The van der Waals surface area contributed by atoms with Crippen molar-refractivity contribution in [2.75, 3.05) is 31.0 Å². The molecule has 1 amide bonds. The van der Waals surface area contributed by atoms with E-state index in [9.17, 15) is 9.59 Å². The maximum atomic E-state index is 15.2. The van der Waals surface area contributed by atoms with Crippen molar-refractivity contribution in [3.8, 4) is 5.88 Å². The van der Waals surface area contributed by atoms with Crippen LogP contribution in [0.3, 0.4) is 0 Å². The van der Waals surface area contributed by atoms with Gasteiger partial charge < -0.3 is 30.6 Å². The Morgan fingerprint density at radius 3 is 2.50 bits per heavy atom. The van der Waals surface area contributed by atoms with Gasteiger partial charge in [-0.3, -0.25) is 9.59 Å². The topological polar surface area (TPSA) is 138 Å². The van der Waals surface area contributed by atoms with E-state index in [-0.39, 0.29) is 35.6 Å². The van der Waals surface area contributed by atoms with Crippen LogP contribution in [-0.2, 0) is 20.7 Å². The monoisotopic (exact) mass is 553 g/mol. The fourth-order valence-electron chi connectivity index (χ4n) is 3.81. The van der Waals surface area contributed by atoms with Gasteiger partial charge >= 0.3 is 5.97 Å². The highest BCUT2D eigenvalue weighted by atomic mass is 19.1. The number of rotatable bonds is 14. The predicted octanol–water partition coefficient (Wildman–Crippen LogP) is 4.63. The van der Waals surface area contributed by atoms with Crippen LogP contribution in [0.2, 0.25) is 0 Å². The number of methoxy groups -OCH3 is 1. The Hall–Kier alpha value is -4.25. The van der Waals surface area contributed by atoms with E-state index in [1.54, 1.807) is 40.0 Å². The van der Waals surface area contributed by atoms with Crippen LogP contribution in [0.1, 0.15) is 49.5 Å². The highest BCUT2D eigenvalue weighted by Gasteiger charge is 2.22. The molecule has 0 saturated carbocycles. The maximum absolute atomic E-state index is 15.2. The van der Waals surface area contributed by atoms with E-state index in [0.29, 0.717) is 37.6 Å². The van der Waals surface area contributed by atoms with Crippen molar-refractivity contribution >= 4 is 29.2 Å². The van der Waals surface area contributed by atoms with Crippen molar-refractivity contribution in [1.29, 1.82) is 0 Å². The molecule has 10 nitrogen and oxygen atoms in total. The minimum absolute atomic E-state index is 0.0519. The summed E-state index contributed by atoms with van der Waals surface area (Å²) in [5.41, 5.74) is 6.28. The molecule has 3 rings (SSSR count). The van der Waals surface area contributed by atoms with Gasteiger partial charge in [0.15, 0.2) is 11.6 Å². The first kappa shape index (κ1) is 30.3. The smallest absolute Gasteiger partial charge is 0.306 e. The van der Waals surface area contributed by atoms with Crippen molar-refractivity contribution < 1.29 is 28.2 Å². The van der Waals surface area contributed by atoms with E-state index in [0.717, 1.165) is 11.6 Å². The summed E-state index contributed by atoms with van der Waals surface area (Å²) in [6.07, 6.45) is 2.50. The van der Waals surface area contributed by atoms with Gasteiger partial charge in [-0.15, -0.1) is 0 Å². The number of ether oxygens (including phenoxy) is 3. The normalized spacial score (nSPS) is 11.9. The molecule has 4 N–H and O–H groups in total. The lowest BCUT2D eigenvalue weighted by molar-refractivity contribution is -0.155. The molecule has 0 unspecified atom stereocenters. The summed E-state index contributed by atoms with van der Waals surface area (Å²) in [5, 5.41) is 6.12. The highest BCUT2D eigenvalue weighted by Crippen LogP contribution is 2.26. The molecule has 3 aromatic rings. The number of primary amides is 1.